The number of esters is 1. The number of carbonyl (C=O) groups is 1. The van der Waals surface area contributed by atoms with Gasteiger partial charge >= 0.3 is 5.97 Å². The summed E-state index contributed by atoms with van der Waals surface area (Å²) in [6, 6.07) is 5.59. The quantitative estimate of drug-likeness (QED) is 0.397. The minimum Gasteiger partial charge on any atom is -0.465 e. The number of anilines is 1. The number of hydrogen-bond donors (Lipinski definition) is 1. The highest BCUT2D eigenvalue weighted by Crippen LogP contribution is 2.39. The van der Waals surface area contributed by atoms with Gasteiger partial charge in [0.05, 0.1) is 12.7 Å². The summed E-state index contributed by atoms with van der Waals surface area (Å²) in [7, 11) is 1.47. The van der Waals surface area contributed by atoms with E-state index in [-0.39, 0.29) is 17.4 Å². The predicted molar refractivity (Wildman–Crippen MR) is 149 cm³/mol. The fraction of sp³-hybridized carbons (Fsp3) is 0.607. The minimum absolute atomic E-state index is 0.0908. The summed E-state index contributed by atoms with van der Waals surface area (Å²) in [4.78, 5) is 28.9. The van der Waals surface area contributed by atoms with Gasteiger partial charge in [0.2, 0.25) is 0 Å². The van der Waals surface area contributed by atoms with E-state index in [4.69, 9.17) is 17.0 Å². The van der Waals surface area contributed by atoms with Crippen LogP contribution in [0.15, 0.2) is 23.0 Å². The van der Waals surface area contributed by atoms with Crippen molar-refractivity contribution in [2.24, 2.45) is 5.92 Å². The van der Waals surface area contributed by atoms with Crippen LogP contribution in [0.25, 0.3) is 0 Å². The molecule has 0 amide bonds. The van der Waals surface area contributed by atoms with Crippen LogP contribution < -0.4 is 10.9 Å². The lowest BCUT2D eigenvalue weighted by molar-refractivity contribution is 0.0601. The summed E-state index contributed by atoms with van der Waals surface area (Å²) in [5.41, 5.74) is 3.06. The number of nitrogens with one attached hydrogen (secondary N) is 1. The SMILES string of the molecule is COC(=O)c1c(NC(=S)N2CC3CC(C2)c2cccc(=O)n2C3)sc2c1CCCCCCCCCC2. The lowest BCUT2D eigenvalue weighted by Gasteiger charge is -2.43. The van der Waals surface area contributed by atoms with Gasteiger partial charge in [0.1, 0.15) is 5.00 Å². The van der Waals surface area contributed by atoms with Crippen molar-refractivity contribution in [2.75, 3.05) is 25.5 Å². The molecule has 2 unspecified atom stereocenters. The van der Waals surface area contributed by atoms with Crippen molar-refractivity contribution in [1.29, 1.82) is 0 Å². The highest BCUT2D eigenvalue weighted by Gasteiger charge is 2.36. The van der Waals surface area contributed by atoms with E-state index in [1.807, 2.05) is 10.6 Å². The number of piperidine rings is 1. The van der Waals surface area contributed by atoms with Gasteiger partial charge in [0.25, 0.3) is 5.56 Å². The number of hydrogen-bond acceptors (Lipinski definition) is 5. The van der Waals surface area contributed by atoms with Gasteiger partial charge in [-0.05, 0) is 61.9 Å². The monoisotopic (exact) mass is 527 g/mol. The average molecular weight is 528 g/mol. The average Bonchev–Trinajstić information content (AvgIpc) is 3.20. The van der Waals surface area contributed by atoms with E-state index >= 15 is 0 Å². The van der Waals surface area contributed by atoms with Crippen molar-refractivity contribution < 1.29 is 9.53 Å². The lowest BCUT2D eigenvalue weighted by atomic mass is 9.83. The number of likely N-dealkylation sites (tertiary alicyclic amines) is 1. The van der Waals surface area contributed by atoms with Crippen LogP contribution in [0.1, 0.15) is 90.2 Å². The highest BCUT2D eigenvalue weighted by atomic mass is 32.1. The second-order valence-corrected chi connectivity index (χ2v) is 12.1. The van der Waals surface area contributed by atoms with Crippen molar-refractivity contribution >= 4 is 39.6 Å². The van der Waals surface area contributed by atoms with Crippen LogP contribution in [0.4, 0.5) is 5.00 Å². The zero-order valence-corrected chi connectivity index (χ0v) is 22.9. The number of pyridine rings is 1. The van der Waals surface area contributed by atoms with E-state index in [1.54, 1.807) is 17.4 Å². The number of fused-ring (bicyclic) bond motifs is 5. The van der Waals surface area contributed by atoms with Gasteiger partial charge in [-0.15, -0.1) is 11.3 Å². The van der Waals surface area contributed by atoms with E-state index in [9.17, 15) is 9.59 Å². The Kier molecular flexibility index (Phi) is 8.11. The Labute approximate surface area is 223 Å². The Morgan fingerprint density at radius 3 is 2.50 bits per heavy atom. The second kappa shape index (κ2) is 11.5. The Hall–Kier alpha value is -2.19. The molecular formula is C28H37N3O3S2. The van der Waals surface area contributed by atoms with E-state index < -0.39 is 0 Å². The lowest BCUT2D eigenvalue weighted by Crippen LogP contribution is -2.50. The Bertz CT molecular complexity index is 1170. The van der Waals surface area contributed by atoms with Crippen LogP contribution in [0.2, 0.25) is 0 Å². The summed E-state index contributed by atoms with van der Waals surface area (Å²) in [6.07, 6.45) is 13.0. The molecule has 6 nitrogen and oxygen atoms in total. The molecule has 1 N–H and O–H groups in total. The Morgan fingerprint density at radius 1 is 1.03 bits per heavy atom. The Morgan fingerprint density at radius 2 is 1.75 bits per heavy atom. The maximum atomic E-state index is 13.0. The molecule has 4 heterocycles. The maximum Gasteiger partial charge on any atom is 0.341 e. The molecule has 1 aliphatic carbocycles. The van der Waals surface area contributed by atoms with Crippen molar-refractivity contribution in [2.45, 2.75) is 83.1 Å². The molecule has 2 aromatic rings. The third-order valence-corrected chi connectivity index (χ3v) is 9.62. The molecule has 2 atom stereocenters. The standard InChI is InChI=1S/C28H37N3O3S2/c1-34-27(33)25-21-11-8-6-4-2-3-5-7-9-13-23(21)36-26(25)29-28(35)30-16-19-15-20(18-30)22-12-10-14-24(32)31(22)17-19/h10,12,14,19-20H,2-9,11,13,15-18H2,1H3,(H,29,35). The fourth-order valence-corrected chi connectivity index (χ4v) is 7.86. The molecule has 2 aromatic heterocycles. The molecular weight excluding hydrogens is 490 g/mol. The van der Waals surface area contributed by atoms with Crippen molar-refractivity contribution in [3.8, 4) is 0 Å². The largest absolute Gasteiger partial charge is 0.465 e. The molecule has 8 heteroatoms. The predicted octanol–water partition coefficient (Wildman–Crippen LogP) is 5.73. The molecule has 1 saturated heterocycles. The van der Waals surface area contributed by atoms with Gasteiger partial charge in [-0.25, -0.2) is 4.79 Å². The van der Waals surface area contributed by atoms with Crippen LogP contribution in [0.3, 0.4) is 0 Å². The van der Waals surface area contributed by atoms with E-state index in [0.29, 0.717) is 16.6 Å². The van der Waals surface area contributed by atoms with Gasteiger partial charge in [-0.2, -0.15) is 0 Å². The van der Waals surface area contributed by atoms with Crippen LogP contribution in [0, 0.1) is 5.92 Å². The molecule has 3 aliphatic rings. The van der Waals surface area contributed by atoms with Crippen molar-refractivity contribution in [3.63, 3.8) is 0 Å². The second-order valence-electron chi connectivity index (χ2n) is 10.6. The third-order valence-electron chi connectivity index (χ3n) is 8.05. The summed E-state index contributed by atoms with van der Waals surface area (Å²) in [6.45, 7) is 2.34. The molecule has 5 rings (SSSR count). The van der Waals surface area contributed by atoms with Gasteiger partial charge in [-0.1, -0.05) is 44.6 Å². The number of rotatable bonds is 2. The number of aromatic nitrogens is 1. The maximum absolute atomic E-state index is 13.0. The minimum atomic E-state index is -0.270. The number of thiocarbonyl (C=S) groups is 1. The summed E-state index contributed by atoms with van der Waals surface area (Å²) >= 11 is 7.60. The molecule has 1 fully saturated rings. The first kappa shape index (κ1) is 25.5. The van der Waals surface area contributed by atoms with E-state index in [2.05, 4.69) is 16.3 Å². The van der Waals surface area contributed by atoms with Gasteiger partial charge in [0, 0.05) is 42.2 Å². The van der Waals surface area contributed by atoms with Crippen molar-refractivity contribution in [1.82, 2.24) is 9.47 Å². The van der Waals surface area contributed by atoms with E-state index in [0.717, 1.165) is 62.4 Å². The summed E-state index contributed by atoms with van der Waals surface area (Å²) in [5, 5.41) is 4.98. The number of aryl methyl sites for hydroxylation is 1. The molecule has 0 radical (unpaired) electrons. The molecule has 2 aliphatic heterocycles. The highest BCUT2D eigenvalue weighted by molar-refractivity contribution is 7.80. The molecule has 36 heavy (non-hydrogen) atoms. The normalized spacial score (nSPS) is 22.4. The van der Waals surface area contributed by atoms with Crippen LogP contribution in [0.5, 0.6) is 0 Å². The summed E-state index contributed by atoms with van der Waals surface area (Å²) in [5.74, 6) is 0.406. The molecule has 0 spiro atoms. The summed E-state index contributed by atoms with van der Waals surface area (Å²) < 4.78 is 7.19. The smallest absolute Gasteiger partial charge is 0.341 e. The van der Waals surface area contributed by atoms with Gasteiger partial charge < -0.3 is 19.5 Å². The topological polar surface area (TPSA) is 63.6 Å². The zero-order valence-electron chi connectivity index (χ0n) is 21.2. The first-order valence-corrected chi connectivity index (χ1v) is 14.8. The molecule has 194 valence electrons. The molecule has 2 bridgehead atoms. The fourth-order valence-electron chi connectivity index (χ4n) is 6.27. The third kappa shape index (κ3) is 5.40. The van der Waals surface area contributed by atoms with Crippen molar-refractivity contribution in [3.05, 3.63) is 50.3 Å². The van der Waals surface area contributed by atoms with Gasteiger partial charge in [-0.3, -0.25) is 4.79 Å². The number of thiophene rings is 1. The first-order chi connectivity index (χ1) is 17.5. The zero-order chi connectivity index (χ0) is 25.1. The number of methoxy groups -OCH3 is 1. The van der Waals surface area contributed by atoms with Crippen LogP contribution >= 0.6 is 23.6 Å². The number of carbonyl (C=O) groups excluding carboxylic acids is 1. The van der Waals surface area contributed by atoms with Crippen LogP contribution in [-0.4, -0.2) is 40.7 Å². The van der Waals surface area contributed by atoms with Crippen LogP contribution in [-0.2, 0) is 24.1 Å². The van der Waals surface area contributed by atoms with Gasteiger partial charge in [0.15, 0.2) is 5.11 Å². The first-order valence-electron chi connectivity index (χ1n) is 13.5. The number of nitrogens with zero attached hydrogens (tertiary/aromatic N) is 2. The van der Waals surface area contributed by atoms with E-state index in [1.165, 1.54) is 56.1 Å². The molecule has 0 saturated carbocycles. The molecule has 0 aromatic carbocycles. The Balaban J connectivity index is 1.37. The number of ether oxygens (including phenoxy) is 1.